The number of carbonyl (C=O) groups is 2. The van der Waals surface area contributed by atoms with E-state index in [1.165, 1.54) is 12.1 Å². The summed E-state index contributed by atoms with van der Waals surface area (Å²) in [5.41, 5.74) is 0.383. The van der Waals surface area contributed by atoms with Crippen molar-refractivity contribution in [1.29, 1.82) is 0 Å². The molecule has 0 atom stereocenters. The maximum atomic E-state index is 12.9. The topological polar surface area (TPSA) is 34.1 Å². The van der Waals surface area contributed by atoms with E-state index in [-0.39, 0.29) is 5.56 Å². The molecule has 0 saturated heterocycles. The van der Waals surface area contributed by atoms with E-state index >= 15 is 0 Å². The molecule has 13 heavy (non-hydrogen) atoms. The molecular formula is C10H5FO2. The predicted molar refractivity (Wildman–Crippen MR) is 44.7 cm³/mol. The first-order valence-corrected chi connectivity index (χ1v) is 3.48. The lowest BCUT2D eigenvalue weighted by Gasteiger charge is -1.94. The minimum atomic E-state index is -0.542. The van der Waals surface area contributed by atoms with Crippen LogP contribution in [0.5, 0.6) is 0 Å². The highest BCUT2D eigenvalue weighted by Gasteiger charge is 1.99. The molecule has 0 fully saturated rings. The molecule has 1 aromatic rings. The van der Waals surface area contributed by atoms with Gasteiger partial charge in [-0.05, 0) is 24.1 Å². The number of hydrogen-bond donors (Lipinski definition) is 0. The van der Waals surface area contributed by atoms with Crippen molar-refractivity contribution in [2.24, 2.45) is 0 Å². The summed E-state index contributed by atoms with van der Waals surface area (Å²) < 4.78 is 12.9. The Bertz CT molecular complexity index is 399. The Morgan fingerprint density at radius 2 is 2.08 bits per heavy atom. The van der Waals surface area contributed by atoms with Crippen LogP contribution in [-0.2, 0) is 4.79 Å². The van der Waals surface area contributed by atoms with Crippen LogP contribution in [0.15, 0.2) is 18.2 Å². The molecule has 0 heterocycles. The first kappa shape index (κ1) is 9.14. The van der Waals surface area contributed by atoms with Gasteiger partial charge in [0, 0.05) is 5.56 Å². The minimum absolute atomic E-state index is 0.0525. The highest BCUT2D eigenvalue weighted by molar-refractivity contribution is 5.77. The second-order valence-corrected chi connectivity index (χ2v) is 2.24. The summed E-state index contributed by atoms with van der Waals surface area (Å²) in [5, 5.41) is 0. The van der Waals surface area contributed by atoms with Crippen LogP contribution in [0.4, 0.5) is 4.39 Å². The van der Waals surface area contributed by atoms with Crippen molar-refractivity contribution in [3.63, 3.8) is 0 Å². The summed E-state index contributed by atoms with van der Waals surface area (Å²) in [6, 6.07) is 3.77. The summed E-state index contributed by atoms with van der Waals surface area (Å²) in [7, 11) is 0. The first-order chi connectivity index (χ1) is 6.27. The van der Waals surface area contributed by atoms with Gasteiger partial charge in [0.15, 0.2) is 6.29 Å². The Labute approximate surface area is 74.4 Å². The van der Waals surface area contributed by atoms with Crippen molar-refractivity contribution in [3.05, 3.63) is 35.1 Å². The molecule has 0 unspecified atom stereocenters. The maximum Gasteiger partial charge on any atom is 0.193 e. The van der Waals surface area contributed by atoms with Gasteiger partial charge in [0.1, 0.15) is 12.1 Å². The van der Waals surface area contributed by atoms with Gasteiger partial charge >= 0.3 is 0 Å². The van der Waals surface area contributed by atoms with Crippen LogP contribution in [0, 0.1) is 17.7 Å². The molecule has 0 amide bonds. The molecule has 64 valence electrons. The monoisotopic (exact) mass is 176 g/mol. The SMILES string of the molecule is O=CC#Cc1cc(C=O)ccc1F. The fourth-order valence-corrected chi connectivity index (χ4v) is 0.819. The third kappa shape index (κ3) is 2.24. The molecule has 0 saturated carbocycles. The highest BCUT2D eigenvalue weighted by atomic mass is 19.1. The minimum Gasteiger partial charge on any atom is -0.298 e. The second kappa shape index (κ2) is 4.17. The van der Waals surface area contributed by atoms with E-state index in [1.54, 1.807) is 0 Å². The van der Waals surface area contributed by atoms with Gasteiger partial charge in [0.2, 0.25) is 0 Å². The van der Waals surface area contributed by atoms with Crippen molar-refractivity contribution in [3.8, 4) is 11.8 Å². The molecule has 0 radical (unpaired) electrons. The van der Waals surface area contributed by atoms with Crippen molar-refractivity contribution >= 4 is 12.6 Å². The van der Waals surface area contributed by atoms with Crippen LogP contribution in [0.25, 0.3) is 0 Å². The lowest BCUT2D eigenvalue weighted by Crippen LogP contribution is -1.87. The standard InChI is InChI=1S/C10H5FO2/c11-10-4-3-8(7-13)6-9(10)2-1-5-12/h3-7H. The number of benzene rings is 1. The predicted octanol–water partition coefficient (Wildman–Crippen LogP) is 1.19. The zero-order valence-corrected chi connectivity index (χ0v) is 6.58. The number of rotatable bonds is 1. The Morgan fingerprint density at radius 3 is 2.69 bits per heavy atom. The molecule has 0 aliphatic rings. The lowest BCUT2D eigenvalue weighted by molar-refractivity contribution is -0.103. The Morgan fingerprint density at radius 1 is 1.31 bits per heavy atom. The van der Waals surface area contributed by atoms with Gasteiger partial charge in [-0.15, -0.1) is 0 Å². The third-order valence-electron chi connectivity index (χ3n) is 1.39. The average Bonchev–Trinajstić information content (AvgIpc) is 2.17. The quantitative estimate of drug-likeness (QED) is 0.475. The molecule has 0 N–H and O–H groups in total. The van der Waals surface area contributed by atoms with Crippen LogP contribution >= 0.6 is 0 Å². The van der Waals surface area contributed by atoms with Crippen LogP contribution in [0.1, 0.15) is 15.9 Å². The van der Waals surface area contributed by atoms with E-state index in [9.17, 15) is 14.0 Å². The molecular weight excluding hydrogens is 171 g/mol. The second-order valence-electron chi connectivity index (χ2n) is 2.24. The van der Waals surface area contributed by atoms with Crippen LogP contribution < -0.4 is 0 Å². The fourth-order valence-electron chi connectivity index (χ4n) is 0.819. The Balaban J connectivity index is 3.18. The summed E-state index contributed by atoms with van der Waals surface area (Å²) in [5.74, 6) is 3.81. The van der Waals surface area contributed by atoms with E-state index in [4.69, 9.17) is 0 Å². The number of hydrogen-bond acceptors (Lipinski definition) is 2. The normalized spacial score (nSPS) is 8.38. The highest BCUT2D eigenvalue weighted by Crippen LogP contribution is 2.07. The molecule has 0 aromatic heterocycles. The molecule has 3 heteroatoms. The van der Waals surface area contributed by atoms with E-state index in [2.05, 4.69) is 11.8 Å². The zero-order valence-electron chi connectivity index (χ0n) is 6.58. The lowest BCUT2D eigenvalue weighted by atomic mass is 10.1. The average molecular weight is 176 g/mol. The summed E-state index contributed by atoms with van der Waals surface area (Å²) in [6.45, 7) is 0. The van der Waals surface area contributed by atoms with Gasteiger partial charge in [-0.25, -0.2) is 4.39 Å². The largest absolute Gasteiger partial charge is 0.298 e. The fraction of sp³-hybridized carbons (Fsp3) is 0. The molecule has 0 spiro atoms. The van der Waals surface area contributed by atoms with Gasteiger partial charge in [0.25, 0.3) is 0 Å². The summed E-state index contributed by atoms with van der Waals surface area (Å²) >= 11 is 0. The maximum absolute atomic E-state index is 12.9. The molecule has 2 nitrogen and oxygen atoms in total. The third-order valence-corrected chi connectivity index (χ3v) is 1.39. The summed E-state index contributed by atoms with van der Waals surface area (Å²) in [6.07, 6.45) is 0.957. The molecule has 1 aromatic carbocycles. The van der Waals surface area contributed by atoms with E-state index in [0.29, 0.717) is 18.1 Å². The first-order valence-electron chi connectivity index (χ1n) is 3.48. The van der Waals surface area contributed by atoms with Gasteiger partial charge in [-0.1, -0.05) is 5.92 Å². The van der Waals surface area contributed by atoms with Crippen LogP contribution in [0.3, 0.4) is 0 Å². The molecule has 0 bridgehead atoms. The van der Waals surface area contributed by atoms with Gasteiger partial charge in [-0.3, -0.25) is 9.59 Å². The molecule has 0 aliphatic carbocycles. The van der Waals surface area contributed by atoms with E-state index in [0.717, 1.165) is 6.07 Å². The number of aldehydes is 2. The van der Waals surface area contributed by atoms with Gasteiger partial charge in [-0.2, -0.15) is 0 Å². The zero-order chi connectivity index (χ0) is 9.68. The van der Waals surface area contributed by atoms with Gasteiger partial charge in [0.05, 0.1) is 5.56 Å². The van der Waals surface area contributed by atoms with Crippen molar-refractivity contribution in [2.75, 3.05) is 0 Å². The Kier molecular flexibility index (Phi) is 2.93. The summed E-state index contributed by atoms with van der Waals surface area (Å²) in [4.78, 5) is 20.2. The van der Waals surface area contributed by atoms with Crippen molar-refractivity contribution in [2.45, 2.75) is 0 Å². The van der Waals surface area contributed by atoms with Crippen LogP contribution in [-0.4, -0.2) is 12.6 Å². The van der Waals surface area contributed by atoms with E-state index < -0.39 is 5.82 Å². The van der Waals surface area contributed by atoms with Crippen molar-refractivity contribution in [1.82, 2.24) is 0 Å². The van der Waals surface area contributed by atoms with Gasteiger partial charge < -0.3 is 0 Å². The number of carbonyl (C=O) groups excluding carboxylic acids is 2. The van der Waals surface area contributed by atoms with Crippen molar-refractivity contribution < 1.29 is 14.0 Å². The number of halogens is 1. The Hall–Kier alpha value is -1.95. The van der Waals surface area contributed by atoms with E-state index in [1.807, 2.05) is 0 Å². The molecule has 0 aliphatic heterocycles. The smallest absolute Gasteiger partial charge is 0.193 e. The molecule has 1 rings (SSSR count). The van der Waals surface area contributed by atoms with Crippen LogP contribution in [0.2, 0.25) is 0 Å².